The summed E-state index contributed by atoms with van der Waals surface area (Å²) in [4.78, 5) is 41.1. The summed E-state index contributed by atoms with van der Waals surface area (Å²) in [7, 11) is 0. The normalized spacial score (nSPS) is 11.3. The van der Waals surface area contributed by atoms with Gasteiger partial charge in [0.1, 0.15) is 0 Å². The van der Waals surface area contributed by atoms with Crippen LogP contribution in [0.1, 0.15) is 45.4 Å². The van der Waals surface area contributed by atoms with Gasteiger partial charge < -0.3 is 5.32 Å². The predicted octanol–water partition coefficient (Wildman–Crippen LogP) is 8.07. The summed E-state index contributed by atoms with van der Waals surface area (Å²) in [5, 5.41) is 11.4. The van der Waals surface area contributed by atoms with Crippen molar-refractivity contribution < 1.29 is 40.7 Å². The van der Waals surface area contributed by atoms with Crippen molar-refractivity contribution in [1.29, 1.82) is 0 Å². The number of imidazole rings is 2. The van der Waals surface area contributed by atoms with Gasteiger partial charge in [-0.3, -0.25) is 9.78 Å². The molecule has 7 rings (SSSR count). The fraction of sp³-hybridized carbons (Fsp3) is 0.162. The van der Waals surface area contributed by atoms with Gasteiger partial charge in [0.05, 0.1) is 40.6 Å². The number of carbonyl (C=O) groups excluding carboxylic acids is 3. The van der Waals surface area contributed by atoms with Gasteiger partial charge in [0.2, 0.25) is 0 Å². The third-order valence-electron chi connectivity index (χ3n) is 7.95. The van der Waals surface area contributed by atoms with E-state index in [4.69, 9.17) is 9.59 Å². The molecule has 0 saturated carbocycles. The van der Waals surface area contributed by atoms with Gasteiger partial charge in [0, 0.05) is 29.2 Å². The Morgan fingerprint density at radius 3 is 1.69 bits per heavy atom. The molecule has 11 nitrogen and oxygen atoms in total. The van der Waals surface area contributed by atoms with Gasteiger partial charge in [0.25, 0.3) is 5.91 Å². The number of nitrogens with zero attached hydrogens (tertiary/aromatic N) is 7. The average Bonchev–Trinajstić information content (AvgIpc) is 3.74. The SMILES string of the molecule is CCc1cnc2cc(C)c(-c3ccccc3C(F)(F)F)nn12.Cc1cc2ncc(C(=O)Nc3ccncc3)n2nc1-c1ccccc1C(F)(F)F.O=C=O. The molecule has 2 aromatic carbocycles. The van der Waals surface area contributed by atoms with Gasteiger partial charge in [-0.2, -0.15) is 46.1 Å². The first-order chi connectivity index (χ1) is 25.7. The van der Waals surface area contributed by atoms with Crippen LogP contribution in [0.15, 0.2) is 97.6 Å². The van der Waals surface area contributed by atoms with Gasteiger partial charge in [-0.15, -0.1) is 0 Å². The van der Waals surface area contributed by atoms with E-state index >= 15 is 0 Å². The van der Waals surface area contributed by atoms with E-state index in [0.29, 0.717) is 40.2 Å². The van der Waals surface area contributed by atoms with Crippen molar-refractivity contribution >= 4 is 29.0 Å². The molecular weight excluding hydrogens is 718 g/mol. The second-order valence-electron chi connectivity index (χ2n) is 11.5. The van der Waals surface area contributed by atoms with Crippen LogP contribution < -0.4 is 5.32 Å². The highest BCUT2D eigenvalue weighted by Crippen LogP contribution is 2.38. The van der Waals surface area contributed by atoms with Crippen molar-refractivity contribution in [2.75, 3.05) is 5.32 Å². The standard InChI is InChI=1S/C20H14F3N5O.C16H14F3N3.CO2/c1-12-10-17-25-11-16(19(29)26-13-6-8-24-9-7-13)28(17)27-18(12)14-4-2-3-5-15(14)20(21,22)23;1-3-11-9-20-14-8-10(2)15(21-22(11)14)12-6-4-5-7-13(12)16(17,18)19;2-1-3/h2-11H,1H3,(H,24,26,29);4-9H,3H2,1-2H3;. The van der Waals surface area contributed by atoms with Crippen LogP contribution in [0.25, 0.3) is 33.8 Å². The lowest BCUT2D eigenvalue weighted by Gasteiger charge is -2.14. The smallest absolute Gasteiger partial charge is 0.320 e. The third kappa shape index (κ3) is 8.32. The summed E-state index contributed by atoms with van der Waals surface area (Å²) in [5.74, 6) is -0.491. The van der Waals surface area contributed by atoms with Crippen molar-refractivity contribution in [3.63, 3.8) is 0 Å². The highest BCUT2D eigenvalue weighted by Gasteiger charge is 2.35. The van der Waals surface area contributed by atoms with Crippen molar-refractivity contribution in [2.45, 2.75) is 39.5 Å². The lowest BCUT2D eigenvalue weighted by Crippen LogP contribution is -2.16. The van der Waals surface area contributed by atoms with E-state index in [1.54, 1.807) is 54.9 Å². The van der Waals surface area contributed by atoms with E-state index in [0.717, 1.165) is 17.8 Å². The maximum absolute atomic E-state index is 13.5. The molecular formula is C37H28F6N8O3. The second kappa shape index (κ2) is 15.9. The quantitative estimate of drug-likeness (QED) is 0.175. The van der Waals surface area contributed by atoms with E-state index < -0.39 is 29.4 Å². The zero-order valence-corrected chi connectivity index (χ0v) is 28.6. The molecule has 0 saturated heterocycles. The summed E-state index contributed by atoms with van der Waals surface area (Å²) < 4.78 is 82.9. The van der Waals surface area contributed by atoms with Crippen LogP contribution in [0.4, 0.5) is 32.0 Å². The zero-order valence-electron chi connectivity index (χ0n) is 28.6. The van der Waals surface area contributed by atoms with Gasteiger partial charge in [-0.05, 0) is 67.8 Å². The number of aromatic nitrogens is 7. The first-order valence-corrected chi connectivity index (χ1v) is 15.9. The number of rotatable bonds is 5. The molecule has 5 aromatic heterocycles. The molecule has 5 heterocycles. The third-order valence-corrected chi connectivity index (χ3v) is 7.95. The van der Waals surface area contributed by atoms with Crippen molar-refractivity contribution in [3.8, 4) is 22.5 Å². The van der Waals surface area contributed by atoms with Crippen LogP contribution in [0.2, 0.25) is 0 Å². The number of amides is 1. The molecule has 0 bridgehead atoms. The van der Waals surface area contributed by atoms with Crippen molar-refractivity contribution in [1.82, 2.24) is 34.2 Å². The minimum Gasteiger partial charge on any atom is -0.320 e. The van der Waals surface area contributed by atoms with E-state index in [-0.39, 0.29) is 28.7 Å². The number of halogens is 6. The number of aryl methyl sites for hydroxylation is 3. The number of anilines is 1. The number of pyridine rings is 1. The number of hydrogen-bond acceptors (Lipinski definition) is 8. The maximum atomic E-state index is 13.5. The fourth-order valence-electron chi connectivity index (χ4n) is 5.49. The van der Waals surface area contributed by atoms with Crippen LogP contribution in [0.3, 0.4) is 0 Å². The molecule has 54 heavy (non-hydrogen) atoms. The topological polar surface area (TPSA) is 137 Å². The molecule has 0 fully saturated rings. The Bertz CT molecular complexity index is 2470. The zero-order chi connectivity index (χ0) is 39.2. The Morgan fingerprint density at radius 2 is 1.19 bits per heavy atom. The predicted molar refractivity (Wildman–Crippen MR) is 183 cm³/mol. The summed E-state index contributed by atoms with van der Waals surface area (Å²) in [5.41, 5.74) is 2.67. The highest BCUT2D eigenvalue weighted by atomic mass is 19.4. The number of benzene rings is 2. The Balaban J connectivity index is 0.000000200. The minimum atomic E-state index is -4.53. The molecule has 0 aliphatic carbocycles. The van der Waals surface area contributed by atoms with E-state index in [1.807, 2.05) is 6.92 Å². The lowest BCUT2D eigenvalue weighted by molar-refractivity contribution is -0.191. The first-order valence-electron chi connectivity index (χ1n) is 15.9. The number of alkyl halides is 6. The molecule has 17 heteroatoms. The number of carbonyl (C=O) groups is 1. The average molecular weight is 747 g/mol. The maximum Gasteiger partial charge on any atom is 0.417 e. The summed E-state index contributed by atoms with van der Waals surface area (Å²) >= 11 is 0. The summed E-state index contributed by atoms with van der Waals surface area (Å²) in [6, 6.07) is 17.3. The first kappa shape index (κ1) is 38.5. The molecule has 7 aromatic rings. The Labute approximate surface area is 302 Å². The van der Waals surface area contributed by atoms with E-state index in [1.165, 1.54) is 53.4 Å². The fourth-order valence-corrected chi connectivity index (χ4v) is 5.49. The molecule has 276 valence electrons. The van der Waals surface area contributed by atoms with Gasteiger partial charge in [-0.1, -0.05) is 43.3 Å². The van der Waals surface area contributed by atoms with Gasteiger partial charge in [0.15, 0.2) is 17.0 Å². The largest absolute Gasteiger partial charge is 0.417 e. The summed E-state index contributed by atoms with van der Waals surface area (Å²) in [6.07, 6.45) is -1.91. The van der Waals surface area contributed by atoms with E-state index in [9.17, 15) is 31.1 Å². The van der Waals surface area contributed by atoms with Crippen LogP contribution in [-0.2, 0) is 28.4 Å². The monoisotopic (exact) mass is 746 g/mol. The lowest BCUT2D eigenvalue weighted by atomic mass is 10.0. The molecule has 0 aliphatic rings. The highest BCUT2D eigenvalue weighted by molar-refractivity contribution is 6.03. The Kier molecular flexibility index (Phi) is 11.3. The second-order valence-corrected chi connectivity index (χ2v) is 11.5. The van der Waals surface area contributed by atoms with Gasteiger partial charge >= 0.3 is 18.5 Å². The van der Waals surface area contributed by atoms with Crippen molar-refractivity contribution in [2.24, 2.45) is 0 Å². The molecule has 1 N–H and O–H groups in total. The van der Waals surface area contributed by atoms with Gasteiger partial charge in [-0.25, -0.2) is 19.0 Å². The Morgan fingerprint density at radius 1 is 0.722 bits per heavy atom. The molecule has 0 spiro atoms. The van der Waals surface area contributed by atoms with Crippen LogP contribution in [0, 0.1) is 13.8 Å². The van der Waals surface area contributed by atoms with Crippen LogP contribution >= 0.6 is 0 Å². The molecule has 0 radical (unpaired) electrons. The van der Waals surface area contributed by atoms with Crippen LogP contribution in [0.5, 0.6) is 0 Å². The number of nitrogens with one attached hydrogen (secondary N) is 1. The minimum absolute atomic E-state index is 0.0615. The van der Waals surface area contributed by atoms with Crippen molar-refractivity contribution in [3.05, 3.63) is 131 Å². The van der Waals surface area contributed by atoms with Crippen LogP contribution in [-0.4, -0.2) is 46.2 Å². The Hall–Kier alpha value is -6.74. The number of fused-ring (bicyclic) bond motifs is 2. The molecule has 0 atom stereocenters. The molecule has 0 aliphatic heterocycles. The number of hydrogen-bond donors (Lipinski definition) is 1. The molecule has 0 unspecified atom stereocenters. The summed E-state index contributed by atoms with van der Waals surface area (Å²) in [6.45, 7) is 5.35. The van der Waals surface area contributed by atoms with E-state index in [2.05, 4.69) is 30.5 Å². The molecule has 1 amide bonds.